The number of hydrogen-bond acceptors (Lipinski definition) is 12. The fraction of sp³-hybridized carbons (Fsp3) is 0.341. The van der Waals surface area contributed by atoms with E-state index in [0.717, 1.165) is 18.4 Å². The highest BCUT2D eigenvalue weighted by atomic mass is 33.1. The van der Waals surface area contributed by atoms with E-state index in [2.05, 4.69) is 61.8 Å². The lowest BCUT2D eigenvalue weighted by Crippen LogP contribution is -2.36. The Morgan fingerprint density at radius 1 is 1.00 bits per heavy atom. The summed E-state index contributed by atoms with van der Waals surface area (Å²) >= 11 is 0. The van der Waals surface area contributed by atoms with Gasteiger partial charge in [-0.1, -0.05) is 39.8 Å². The molecule has 3 N–H and O–H groups in total. The van der Waals surface area contributed by atoms with Gasteiger partial charge in [0.15, 0.2) is 29.4 Å². The van der Waals surface area contributed by atoms with Crippen molar-refractivity contribution in [3.63, 3.8) is 0 Å². The van der Waals surface area contributed by atoms with E-state index in [1.807, 2.05) is 31.7 Å². The van der Waals surface area contributed by atoms with Gasteiger partial charge in [-0.25, -0.2) is 9.97 Å². The number of likely N-dealkylation sites (N-methyl/N-ethyl adjacent to an activating group) is 1. The normalized spacial score (nSPS) is 13.8. The number of nitrogens with one attached hydrogen (secondary N) is 3. The molecule has 17 heteroatoms. The molecule has 0 saturated heterocycles. The highest BCUT2D eigenvalue weighted by Gasteiger charge is 2.25. The number of carbonyl (C=O) groups excluding carboxylic acids is 4. The second kappa shape index (κ2) is 18.2. The minimum Gasteiger partial charge on any atom is -0.493 e. The van der Waals surface area contributed by atoms with Crippen LogP contribution in [-0.2, 0) is 25.3 Å². The van der Waals surface area contributed by atoms with E-state index in [-0.39, 0.29) is 53.1 Å². The van der Waals surface area contributed by atoms with Gasteiger partial charge in [-0.05, 0) is 68.8 Å². The number of fused-ring (bicyclic) bond motifs is 2. The first-order valence-corrected chi connectivity index (χ1v) is 21.1. The third kappa shape index (κ3) is 9.65. The van der Waals surface area contributed by atoms with Gasteiger partial charge in [-0.2, -0.15) is 0 Å². The monoisotopic (exact) mass is 825 g/mol. The SMILES string of the molecule is COc1cc(C=O)c(N=CC2Cc3ccccc3N2C)cc1OCCCC(=O)Nc1cn(C)c(C(=O)Nc2ccc3nc(C(=O)NCC(C)(C)SSC)n(C)c3c2)n1. The molecular formula is C41H47N9O6S2. The standard InChI is InChI=1S/C41H47N9O6S2/c1-41(2,58-57-7)24-43-39(53)38-45-29-15-14-27(19-32(29)50(38)5)44-40(54)37-47-35(22-48(37)3)46-36(52)13-10-16-56-34-20-30(26(23-51)18-33(34)55-6)42-21-28-17-25-11-8-9-12-31(25)49(28)4/h8-9,11-12,14-15,18-23,28H,10,13,16-17,24H2,1-7H3,(H,43,53)(H,44,54)(H,46,52). The topological polar surface area (TPSA) is 174 Å². The number of hydrogen-bond donors (Lipinski definition) is 3. The molecule has 58 heavy (non-hydrogen) atoms. The van der Waals surface area contributed by atoms with Crippen molar-refractivity contribution in [2.24, 2.45) is 19.1 Å². The molecule has 15 nitrogen and oxygen atoms in total. The molecule has 0 saturated carbocycles. The predicted molar refractivity (Wildman–Crippen MR) is 232 cm³/mol. The van der Waals surface area contributed by atoms with E-state index in [0.29, 0.717) is 52.4 Å². The Morgan fingerprint density at radius 2 is 1.79 bits per heavy atom. The highest BCUT2D eigenvalue weighted by Crippen LogP contribution is 2.36. The molecule has 5 aromatic rings. The molecule has 304 valence electrons. The summed E-state index contributed by atoms with van der Waals surface area (Å²) in [5, 5.41) is 8.57. The summed E-state index contributed by atoms with van der Waals surface area (Å²) in [7, 11) is 10.3. The lowest BCUT2D eigenvalue weighted by molar-refractivity contribution is -0.116. The van der Waals surface area contributed by atoms with Gasteiger partial charge in [0, 0.05) is 74.3 Å². The fourth-order valence-electron chi connectivity index (χ4n) is 6.57. The smallest absolute Gasteiger partial charge is 0.291 e. The highest BCUT2D eigenvalue weighted by molar-refractivity contribution is 8.77. The minimum atomic E-state index is -0.483. The summed E-state index contributed by atoms with van der Waals surface area (Å²) in [4.78, 5) is 66.7. The van der Waals surface area contributed by atoms with Crippen molar-refractivity contribution in [1.29, 1.82) is 0 Å². The van der Waals surface area contributed by atoms with Crippen molar-refractivity contribution in [1.82, 2.24) is 24.4 Å². The predicted octanol–water partition coefficient (Wildman–Crippen LogP) is 6.46. The van der Waals surface area contributed by atoms with Crippen LogP contribution in [0.1, 0.15) is 63.8 Å². The molecular weight excluding hydrogens is 779 g/mol. The molecule has 1 atom stereocenters. The van der Waals surface area contributed by atoms with Crippen molar-refractivity contribution in [3.05, 3.63) is 83.6 Å². The largest absolute Gasteiger partial charge is 0.493 e. The second-order valence-corrected chi connectivity index (χ2v) is 17.5. The maximum absolute atomic E-state index is 13.3. The van der Waals surface area contributed by atoms with Gasteiger partial charge < -0.3 is 39.5 Å². The number of aryl methyl sites for hydroxylation is 2. The van der Waals surface area contributed by atoms with Crippen molar-refractivity contribution < 1.29 is 28.7 Å². The summed E-state index contributed by atoms with van der Waals surface area (Å²) in [6, 6.07) is 16.7. The molecule has 0 fully saturated rings. The second-order valence-electron chi connectivity index (χ2n) is 14.4. The Bertz CT molecular complexity index is 2370. The molecule has 3 aromatic carbocycles. The fourth-order valence-corrected chi connectivity index (χ4v) is 8.69. The summed E-state index contributed by atoms with van der Waals surface area (Å²) in [6.07, 6.45) is 7.42. The van der Waals surface area contributed by atoms with Crippen LogP contribution in [0.15, 0.2) is 65.8 Å². The number of aromatic nitrogens is 4. The molecule has 0 radical (unpaired) electrons. The van der Waals surface area contributed by atoms with Gasteiger partial charge in [-0.3, -0.25) is 24.2 Å². The van der Waals surface area contributed by atoms with Gasteiger partial charge in [-0.15, -0.1) is 0 Å². The molecule has 1 aliphatic rings. The number of amides is 3. The Kier molecular flexibility index (Phi) is 13.1. The van der Waals surface area contributed by atoms with Crippen molar-refractivity contribution >= 4 is 85.7 Å². The van der Waals surface area contributed by atoms with Gasteiger partial charge >= 0.3 is 0 Å². The van der Waals surface area contributed by atoms with E-state index in [9.17, 15) is 19.2 Å². The van der Waals surface area contributed by atoms with Crippen LogP contribution in [0.3, 0.4) is 0 Å². The lowest BCUT2D eigenvalue weighted by Gasteiger charge is -2.22. The number of imidazole rings is 2. The molecule has 3 amide bonds. The zero-order valence-corrected chi connectivity index (χ0v) is 35.1. The van der Waals surface area contributed by atoms with Crippen LogP contribution in [0.2, 0.25) is 0 Å². The minimum absolute atomic E-state index is 0.0385. The van der Waals surface area contributed by atoms with Crippen LogP contribution < -0.4 is 30.3 Å². The third-order valence-electron chi connectivity index (χ3n) is 9.60. The van der Waals surface area contributed by atoms with Crippen molar-refractivity contribution in [2.75, 3.05) is 49.1 Å². The van der Waals surface area contributed by atoms with Crippen molar-refractivity contribution in [2.45, 2.75) is 43.9 Å². The van der Waals surface area contributed by atoms with E-state index < -0.39 is 5.91 Å². The summed E-state index contributed by atoms with van der Waals surface area (Å²) in [5.74, 6) is 0.278. The molecule has 0 bridgehead atoms. The van der Waals surface area contributed by atoms with E-state index in [1.165, 1.54) is 17.2 Å². The Morgan fingerprint density at radius 3 is 2.53 bits per heavy atom. The first-order valence-electron chi connectivity index (χ1n) is 18.6. The average Bonchev–Trinajstić information content (AvgIpc) is 3.85. The Labute approximate surface area is 344 Å². The number of anilines is 3. The summed E-state index contributed by atoms with van der Waals surface area (Å²) in [6.45, 7) is 4.79. The molecule has 1 aliphatic heterocycles. The maximum Gasteiger partial charge on any atom is 0.291 e. The number of carbonyl (C=O) groups is 4. The van der Waals surface area contributed by atoms with E-state index >= 15 is 0 Å². The first kappa shape index (κ1) is 41.8. The lowest BCUT2D eigenvalue weighted by atomic mass is 10.1. The zero-order chi connectivity index (χ0) is 41.6. The molecule has 1 unspecified atom stereocenters. The number of ether oxygens (including phenoxy) is 2. The van der Waals surface area contributed by atoms with E-state index in [1.54, 1.807) is 76.8 Å². The van der Waals surface area contributed by atoms with Gasteiger partial charge in [0.25, 0.3) is 11.8 Å². The van der Waals surface area contributed by atoms with E-state index in [4.69, 9.17) is 9.47 Å². The number of nitrogens with zero attached hydrogens (tertiary/aromatic N) is 6. The first-order chi connectivity index (χ1) is 27.8. The number of methoxy groups -OCH3 is 1. The summed E-state index contributed by atoms with van der Waals surface area (Å²) < 4.78 is 14.5. The number of rotatable bonds is 17. The molecule has 0 aliphatic carbocycles. The molecule has 6 rings (SSSR count). The van der Waals surface area contributed by atoms with Gasteiger partial charge in [0.05, 0.1) is 36.5 Å². The Hall–Kier alpha value is -5.81. The van der Waals surface area contributed by atoms with Crippen LogP contribution in [0, 0.1) is 0 Å². The number of benzene rings is 3. The molecule has 2 aromatic heterocycles. The summed E-state index contributed by atoms with van der Waals surface area (Å²) in [5.41, 5.74) is 4.98. The van der Waals surface area contributed by atoms with Gasteiger partial charge in [0.1, 0.15) is 0 Å². The van der Waals surface area contributed by atoms with Crippen LogP contribution >= 0.6 is 21.6 Å². The zero-order valence-electron chi connectivity index (χ0n) is 33.5. The van der Waals surface area contributed by atoms with Crippen LogP contribution in [0.4, 0.5) is 22.9 Å². The molecule has 3 heterocycles. The third-order valence-corrected chi connectivity index (χ3v) is 12.2. The van der Waals surface area contributed by atoms with Crippen LogP contribution in [0.5, 0.6) is 11.5 Å². The van der Waals surface area contributed by atoms with Crippen LogP contribution in [0.25, 0.3) is 11.0 Å². The Balaban J connectivity index is 1.01. The molecule has 0 spiro atoms. The van der Waals surface area contributed by atoms with Crippen molar-refractivity contribution in [3.8, 4) is 11.5 Å². The number of aliphatic imine (C=N–C) groups is 1. The number of para-hydroxylation sites is 1. The maximum atomic E-state index is 13.3. The quantitative estimate of drug-likeness (QED) is 0.0407. The van der Waals surface area contributed by atoms with Crippen LogP contribution in [-0.4, -0.2) is 93.7 Å². The number of aldehydes is 1. The average molecular weight is 826 g/mol. The van der Waals surface area contributed by atoms with Gasteiger partial charge in [0.2, 0.25) is 11.7 Å².